The second-order valence-corrected chi connectivity index (χ2v) is 42.6. The molecule has 0 aromatic rings. The summed E-state index contributed by atoms with van der Waals surface area (Å²) >= 11 is 7.39. The van der Waals surface area contributed by atoms with Crippen LogP contribution in [0, 0.1) is 10.8 Å². The summed E-state index contributed by atoms with van der Waals surface area (Å²) in [6.45, 7) is 11.6. The Bertz CT molecular complexity index is 402. The van der Waals surface area contributed by atoms with E-state index in [4.69, 9.17) is 0 Å². The minimum atomic E-state index is -0.278. The Labute approximate surface area is 186 Å². The SMILES string of the molecule is C.CC1(C)CNCCC1=O.CN1CCC(=O)C(C)(C)C1.[I][V]([I])[I]. The van der Waals surface area contributed by atoms with E-state index in [2.05, 4.69) is 77.2 Å². The summed E-state index contributed by atoms with van der Waals surface area (Å²) < 4.78 is 0. The fourth-order valence-corrected chi connectivity index (χ4v) is 2.51. The second kappa shape index (κ2) is 13.3. The summed E-state index contributed by atoms with van der Waals surface area (Å²) in [6, 6.07) is 0. The van der Waals surface area contributed by atoms with E-state index in [0.717, 1.165) is 32.6 Å². The molecule has 4 nitrogen and oxygen atoms in total. The van der Waals surface area contributed by atoms with Crippen LogP contribution in [0.3, 0.4) is 0 Å². The maximum absolute atomic E-state index is 11.2. The molecule has 2 rings (SSSR count). The summed E-state index contributed by atoms with van der Waals surface area (Å²) in [7, 11) is 2.06. The fourth-order valence-electron chi connectivity index (χ4n) is 2.51. The van der Waals surface area contributed by atoms with Gasteiger partial charge in [-0.1, -0.05) is 35.1 Å². The molecule has 0 saturated carbocycles. The molecule has 0 amide bonds. The second-order valence-electron chi connectivity index (χ2n) is 7.22. The van der Waals surface area contributed by atoms with Crippen LogP contribution in [0.2, 0.25) is 0 Å². The first-order valence-electron chi connectivity index (χ1n) is 7.62. The first-order chi connectivity index (χ1) is 10.4. The Morgan fingerprint density at radius 1 is 1.00 bits per heavy atom. The zero-order valence-electron chi connectivity index (χ0n) is 14.6. The van der Waals surface area contributed by atoms with Gasteiger partial charge in [-0.3, -0.25) is 9.59 Å². The third-order valence-electron chi connectivity index (χ3n) is 3.99. The number of nitrogens with one attached hydrogen (secondary N) is 1. The molecule has 2 aliphatic heterocycles. The Kier molecular flexibility index (Phi) is 15.6. The van der Waals surface area contributed by atoms with E-state index in [1.54, 1.807) is 0 Å². The van der Waals surface area contributed by atoms with Crippen molar-refractivity contribution in [1.29, 1.82) is 0 Å². The van der Waals surface area contributed by atoms with Crippen LogP contribution < -0.4 is 5.32 Å². The number of likely N-dealkylation sites (tertiary alicyclic amines) is 1. The van der Waals surface area contributed by atoms with Gasteiger partial charge in [0, 0.05) is 49.9 Å². The molecule has 0 unspecified atom stereocenters. The van der Waals surface area contributed by atoms with E-state index in [-0.39, 0.29) is 23.2 Å². The van der Waals surface area contributed by atoms with E-state index in [9.17, 15) is 9.59 Å². The molecule has 2 heterocycles. The van der Waals surface area contributed by atoms with Crippen molar-refractivity contribution < 1.29 is 14.5 Å². The number of nitrogens with zero attached hydrogens (tertiary/aromatic N) is 1. The van der Waals surface area contributed by atoms with Crippen molar-refractivity contribution >= 4 is 71.5 Å². The van der Waals surface area contributed by atoms with Crippen LogP contribution in [0.25, 0.3) is 0 Å². The van der Waals surface area contributed by atoms with Crippen LogP contribution in [0.4, 0.5) is 0 Å². The van der Waals surface area contributed by atoms with Gasteiger partial charge in [0.1, 0.15) is 11.6 Å². The van der Waals surface area contributed by atoms with Gasteiger partial charge in [-0.05, 0) is 7.05 Å². The molecule has 144 valence electrons. The normalized spacial score (nSPS) is 22.5. The van der Waals surface area contributed by atoms with E-state index < -0.39 is 0 Å². The first kappa shape index (κ1) is 28.2. The summed E-state index contributed by atoms with van der Waals surface area (Å²) in [6.07, 6.45) is 1.43. The van der Waals surface area contributed by atoms with Gasteiger partial charge in [0.05, 0.1) is 0 Å². The van der Waals surface area contributed by atoms with E-state index in [0.29, 0.717) is 18.0 Å². The van der Waals surface area contributed by atoms with E-state index in [1.165, 1.54) is 0 Å². The zero-order valence-corrected chi connectivity index (χ0v) is 22.5. The van der Waals surface area contributed by atoms with Crippen molar-refractivity contribution in [3.63, 3.8) is 0 Å². The first-order valence-corrected chi connectivity index (χ1v) is 21.1. The maximum atomic E-state index is 11.2. The van der Waals surface area contributed by atoms with Crippen LogP contribution in [0.1, 0.15) is 48.0 Å². The molecule has 0 aromatic heterocycles. The average Bonchev–Trinajstić information content (AvgIpc) is 2.37. The van der Waals surface area contributed by atoms with E-state index in [1.807, 2.05) is 27.7 Å². The molecule has 0 aliphatic carbocycles. The number of Topliss-reactive ketones (excluding diaryl/α,β-unsaturated/α-hetero) is 2. The molecule has 1 N–H and O–H groups in total. The summed E-state index contributed by atoms with van der Waals surface area (Å²) in [4.78, 5) is 24.2. The predicted molar refractivity (Wildman–Crippen MR) is 126 cm³/mol. The van der Waals surface area contributed by atoms with Gasteiger partial charge in [0.15, 0.2) is 0 Å². The number of carbonyl (C=O) groups is 2. The molecule has 2 saturated heterocycles. The number of carbonyl (C=O) groups excluding carboxylic acids is 2. The molecule has 8 heteroatoms. The number of hydrogen-bond acceptors (Lipinski definition) is 4. The molecule has 0 spiro atoms. The van der Waals surface area contributed by atoms with Crippen molar-refractivity contribution in [1.82, 2.24) is 10.2 Å². The standard InChI is InChI=1S/C8H15NO.C7H13NO.CH4.3HI.V/c1-8(2)6-9(3)5-4-7(8)10;1-7(2)5-8-4-3-6(7)9;;;;;/h4-6H2,1-3H3;8H,3-5H2,1-2H3;1H4;3*1H;/q;;;;;;+3/p-3. The number of ketones is 2. The topological polar surface area (TPSA) is 49.4 Å². The van der Waals surface area contributed by atoms with Gasteiger partial charge in [0.2, 0.25) is 0 Å². The third kappa shape index (κ3) is 12.4. The van der Waals surface area contributed by atoms with Crippen LogP contribution in [-0.4, -0.2) is 49.7 Å². The predicted octanol–water partition coefficient (Wildman–Crippen LogP) is 4.78. The van der Waals surface area contributed by atoms with Gasteiger partial charge in [0.25, 0.3) is 0 Å². The summed E-state index contributed by atoms with van der Waals surface area (Å²) in [5, 5.41) is 3.18. The van der Waals surface area contributed by atoms with Crippen molar-refractivity contribution in [3.8, 4) is 0 Å². The van der Waals surface area contributed by atoms with Crippen molar-refractivity contribution in [3.05, 3.63) is 0 Å². The molecule has 0 atom stereocenters. The average molecular weight is 716 g/mol. The number of halogens is 3. The molecular formula is C16H32I3N2O2V. The molecule has 0 radical (unpaired) electrons. The van der Waals surface area contributed by atoms with E-state index >= 15 is 0 Å². The Hall–Kier alpha value is 2.03. The van der Waals surface area contributed by atoms with Gasteiger partial charge >= 0.3 is 64.9 Å². The summed E-state index contributed by atoms with van der Waals surface area (Å²) in [5.41, 5.74) is -0.217. The van der Waals surface area contributed by atoms with Gasteiger partial charge < -0.3 is 10.2 Å². The molecular weight excluding hydrogens is 684 g/mol. The van der Waals surface area contributed by atoms with Crippen LogP contribution >= 0.6 is 59.9 Å². The van der Waals surface area contributed by atoms with Crippen molar-refractivity contribution in [2.24, 2.45) is 10.8 Å². The van der Waals surface area contributed by atoms with Crippen LogP contribution in [0.15, 0.2) is 0 Å². The number of hydrogen-bond donors (Lipinski definition) is 1. The van der Waals surface area contributed by atoms with Crippen molar-refractivity contribution in [2.75, 3.05) is 33.2 Å². The Morgan fingerprint density at radius 3 is 1.75 bits per heavy atom. The molecule has 2 fully saturated rings. The fraction of sp³-hybridized carbons (Fsp3) is 0.875. The Morgan fingerprint density at radius 2 is 1.46 bits per heavy atom. The van der Waals surface area contributed by atoms with Gasteiger partial charge in [-0.25, -0.2) is 0 Å². The third-order valence-corrected chi connectivity index (χ3v) is 3.99. The van der Waals surface area contributed by atoms with Gasteiger partial charge in [-0.15, -0.1) is 0 Å². The minimum absolute atomic E-state index is 0. The zero-order chi connectivity index (χ0) is 18.3. The monoisotopic (exact) mass is 716 g/mol. The molecule has 2 aliphatic rings. The van der Waals surface area contributed by atoms with Crippen LogP contribution in [0.5, 0.6) is 0 Å². The van der Waals surface area contributed by atoms with Crippen molar-refractivity contribution in [2.45, 2.75) is 48.0 Å². The molecule has 0 aromatic carbocycles. The number of piperidine rings is 2. The number of rotatable bonds is 0. The quantitative estimate of drug-likeness (QED) is 0.367. The Balaban J connectivity index is 0. The molecule has 0 bridgehead atoms. The van der Waals surface area contributed by atoms with Gasteiger partial charge in [-0.2, -0.15) is 0 Å². The van der Waals surface area contributed by atoms with Crippen LogP contribution in [-0.2, 0) is 14.5 Å². The summed E-state index contributed by atoms with van der Waals surface area (Å²) in [5.74, 6) is 0.798. The molecule has 24 heavy (non-hydrogen) atoms.